The van der Waals surface area contributed by atoms with Gasteiger partial charge in [-0.05, 0) is 56.7 Å². The van der Waals surface area contributed by atoms with Crippen molar-refractivity contribution in [3.63, 3.8) is 0 Å². The van der Waals surface area contributed by atoms with Crippen molar-refractivity contribution < 1.29 is 19.4 Å². The molecule has 1 amide bonds. The first-order chi connectivity index (χ1) is 15.9. The summed E-state index contributed by atoms with van der Waals surface area (Å²) >= 11 is 6.31. The van der Waals surface area contributed by atoms with E-state index in [1.54, 1.807) is 23.1 Å². The summed E-state index contributed by atoms with van der Waals surface area (Å²) in [7, 11) is 0. The molecule has 0 aliphatic carbocycles. The number of likely N-dealkylation sites (tertiary alicyclic amines) is 1. The molecule has 1 fully saturated rings. The fourth-order valence-electron chi connectivity index (χ4n) is 4.17. The second-order valence-corrected chi connectivity index (χ2v) is 8.27. The van der Waals surface area contributed by atoms with Crippen LogP contribution in [0.2, 0.25) is 5.02 Å². The summed E-state index contributed by atoms with van der Waals surface area (Å²) in [5, 5.41) is 11.5. The highest BCUT2D eigenvalue weighted by atomic mass is 35.5. The molecule has 1 atom stereocenters. The van der Waals surface area contributed by atoms with Crippen molar-refractivity contribution in [2.24, 2.45) is 0 Å². The van der Waals surface area contributed by atoms with E-state index in [0.717, 1.165) is 31.6 Å². The summed E-state index contributed by atoms with van der Waals surface area (Å²) in [6, 6.07) is 13.5. The Morgan fingerprint density at radius 3 is 2.39 bits per heavy atom. The highest BCUT2D eigenvalue weighted by molar-refractivity contribution is 6.46. The van der Waals surface area contributed by atoms with Crippen molar-refractivity contribution >= 4 is 29.1 Å². The Morgan fingerprint density at radius 1 is 1.09 bits per heavy atom. The predicted molar refractivity (Wildman–Crippen MR) is 130 cm³/mol. The first-order valence-electron chi connectivity index (χ1n) is 11.4. The maximum Gasteiger partial charge on any atom is 0.295 e. The van der Waals surface area contributed by atoms with Crippen molar-refractivity contribution in [2.75, 3.05) is 32.8 Å². The molecule has 0 bridgehead atoms. The third kappa shape index (κ3) is 5.40. The van der Waals surface area contributed by atoms with Gasteiger partial charge in [0.2, 0.25) is 0 Å². The molecule has 3 rings (SSSR count). The van der Waals surface area contributed by atoms with E-state index in [2.05, 4.69) is 18.7 Å². The minimum absolute atomic E-state index is 0.0780. The molecule has 1 N–H and O–H groups in total. The second-order valence-electron chi connectivity index (χ2n) is 7.86. The van der Waals surface area contributed by atoms with E-state index in [0.29, 0.717) is 29.5 Å². The van der Waals surface area contributed by atoms with Crippen LogP contribution < -0.4 is 4.74 Å². The monoisotopic (exact) mass is 470 g/mol. The number of rotatable bonds is 10. The third-order valence-corrected chi connectivity index (χ3v) is 6.22. The number of nitrogens with zero attached hydrogens (tertiary/aromatic N) is 2. The van der Waals surface area contributed by atoms with Gasteiger partial charge in [0.05, 0.1) is 23.2 Å². The van der Waals surface area contributed by atoms with Crippen LogP contribution in [-0.2, 0) is 9.59 Å². The van der Waals surface area contributed by atoms with Gasteiger partial charge in [-0.2, -0.15) is 0 Å². The van der Waals surface area contributed by atoms with Gasteiger partial charge in [-0.25, -0.2) is 0 Å². The van der Waals surface area contributed by atoms with Gasteiger partial charge >= 0.3 is 0 Å². The first-order valence-corrected chi connectivity index (χ1v) is 11.8. The highest BCUT2D eigenvalue weighted by Crippen LogP contribution is 2.40. The molecule has 0 spiro atoms. The van der Waals surface area contributed by atoms with Crippen LogP contribution in [0.1, 0.15) is 44.4 Å². The largest absolute Gasteiger partial charge is 0.507 e. The van der Waals surface area contributed by atoms with E-state index in [9.17, 15) is 14.7 Å². The molecular formula is C26H31ClN2O4. The Bertz CT molecular complexity index is 1020. The zero-order valence-corrected chi connectivity index (χ0v) is 20.1. The van der Waals surface area contributed by atoms with E-state index >= 15 is 0 Å². The van der Waals surface area contributed by atoms with Gasteiger partial charge in [-0.3, -0.25) is 9.59 Å². The van der Waals surface area contributed by atoms with Gasteiger partial charge < -0.3 is 19.6 Å². The van der Waals surface area contributed by atoms with Gasteiger partial charge in [-0.15, -0.1) is 0 Å². The molecule has 0 aromatic heterocycles. The number of carbonyl (C=O) groups is 2. The summed E-state index contributed by atoms with van der Waals surface area (Å²) in [6.45, 7) is 9.60. The van der Waals surface area contributed by atoms with Crippen LogP contribution in [-0.4, -0.2) is 59.4 Å². The molecule has 2 aromatic carbocycles. The Kier molecular flexibility index (Phi) is 8.53. The van der Waals surface area contributed by atoms with Crippen molar-refractivity contribution in [1.29, 1.82) is 0 Å². The molecule has 6 nitrogen and oxygen atoms in total. The average Bonchev–Trinajstić information content (AvgIpc) is 3.08. The molecular weight excluding hydrogens is 440 g/mol. The van der Waals surface area contributed by atoms with E-state index in [-0.39, 0.29) is 11.3 Å². The fourth-order valence-corrected chi connectivity index (χ4v) is 4.41. The van der Waals surface area contributed by atoms with Crippen LogP contribution in [0.25, 0.3) is 5.76 Å². The molecule has 0 radical (unpaired) electrons. The van der Waals surface area contributed by atoms with Gasteiger partial charge in [0, 0.05) is 12.1 Å². The van der Waals surface area contributed by atoms with Gasteiger partial charge in [0.1, 0.15) is 11.5 Å². The molecule has 1 heterocycles. The Labute approximate surface area is 200 Å². The van der Waals surface area contributed by atoms with Gasteiger partial charge in [-0.1, -0.05) is 55.8 Å². The van der Waals surface area contributed by atoms with Gasteiger partial charge in [0.25, 0.3) is 11.7 Å². The number of amides is 1. The quantitative estimate of drug-likeness (QED) is 0.304. The maximum absolute atomic E-state index is 13.1. The van der Waals surface area contributed by atoms with Crippen molar-refractivity contribution in [3.05, 3.63) is 70.3 Å². The predicted octanol–water partition coefficient (Wildman–Crippen LogP) is 4.89. The van der Waals surface area contributed by atoms with Crippen LogP contribution >= 0.6 is 11.6 Å². The topological polar surface area (TPSA) is 70.1 Å². The standard InChI is InChI=1S/C26H31ClN2O4/c1-4-28(5-2)15-10-16-29-23(18-11-8-7-9-12-18)22(25(31)26(29)32)24(30)19-13-14-21(33-6-3)20(27)17-19/h7-9,11-14,17,23,30H,4-6,10,15-16H2,1-3H3/b24-22-. The molecule has 1 aliphatic heterocycles. The smallest absolute Gasteiger partial charge is 0.295 e. The van der Waals surface area contributed by atoms with Crippen LogP contribution in [0.5, 0.6) is 5.75 Å². The average molecular weight is 471 g/mol. The molecule has 1 saturated heterocycles. The minimum Gasteiger partial charge on any atom is -0.507 e. The van der Waals surface area contributed by atoms with Gasteiger partial charge in [0.15, 0.2) is 0 Å². The third-order valence-electron chi connectivity index (χ3n) is 5.93. The normalized spacial score (nSPS) is 17.7. The maximum atomic E-state index is 13.1. The van der Waals surface area contributed by atoms with Crippen LogP contribution in [0.3, 0.4) is 0 Å². The SMILES string of the molecule is CCOc1ccc(/C(O)=C2/C(=O)C(=O)N(CCCN(CC)CC)C2c2ccccc2)cc1Cl. The number of hydrogen-bond acceptors (Lipinski definition) is 5. The number of aliphatic hydroxyl groups is 1. The van der Waals surface area contributed by atoms with E-state index in [1.165, 1.54) is 0 Å². The highest BCUT2D eigenvalue weighted by Gasteiger charge is 2.45. The van der Waals surface area contributed by atoms with Crippen LogP contribution in [0.15, 0.2) is 54.1 Å². The first kappa shape index (κ1) is 24.8. The molecule has 1 unspecified atom stereocenters. The molecule has 0 saturated carbocycles. The van der Waals surface area contributed by atoms with E-state index < -0.39 is 17.7 Å². The Balaban J connectivity index is 2.01. The molecule has 2 aromatic rings. The zero-order valence-electron chi connectivity index (χ0n) is 19.4. The molecule has 33 heavy (non-hydrogen) atoms. The summed E-state index contributed by atoms with van der Waals surface area (Å²) < 4.78 is 5.46. The number of halogens is 1. The number of ketones is 1. The van der Waals surface area contributed by atoms with Crippen molar-refractivity contribution in [2.45, 2.75) is 33.2 Å². The fraction of sp³-hybridized carbons (Fsp3) is 0.385. The van der Waals surface area contributed by atoms with Crippen LogP contribution in [0.4, 0.5) is 0 Å². The second kappa shape index (κ2) is 11.3. The Morgan fingerprint density at radius 2 is 1.79 bits per heavy atom. The lowest BCUT2D eigenvalue weighted by molar-refractivity contribution is -0.140. The Hall–Kier alpha value is -2.83. The molecule has 7 heteroatoms. The zero-order chi connectivity index (χ0) is 24.0. The summed E-state index contributed by atoms with van der Waals surface area (Å²) in [5.41, 5.74) is 1.22. The van der Waals surface area contributed by atoms with E-state index in [4.69, 9.17) is 16.3 Å². The van der Waals surface area contributed by atoms with Crippen LogP contribution in [0, 0.1) is 0 Å². The van der Waals surface area contributed by atoms with Crippen molar-refractivity contribution in [1.82, 2.24) is 9.80 Å². The number of Topliss-reactive ketones (excluding diaryl/α,β-unsaturated/α-hetero) is 1. The number of aliphatic hydroxyl groups excluding tert-OH is 1. The minimum atomic E-state index is -0.686. The number of hydrogen-bond donors (Lipinski definition) is 1. The lowest BCUT2D eigenvalue weighted by Crippen LogP contribution is -2.33. The number of ether oxygens (including phenoxy) is 1. The summed E-state index contributed by atoms with van der Waals surface area (Å²) in [5.74, 6) is -1.03. The lowest BCUT2D eigenvalue weighted by atomic mass is 9.95. The summed E-state index contributed by atoms with van der Waals surface area (Å²) in [4.78, 5) is 30.0. The number of benzene rings is 2. The lowest BCUT2D eigenvalue weighted by Gasteiger charge is -2.26. The molecule has 176 valence electrons. The van der Waals surface area contributed by atoms with Crippen molar-refractivity contribution in [3.8, 4) is 5.75 Å². The summed E-state index contributed by atoms with van der Waals surface area (Å²) in [6.07, 6.45) is 0.729. The van der Waals surface area contributed by atoms with E-state index in [1.807, 2.05) is 37.3 Å². The number of carbonyl (C=O) groups excluding carboxylic acids is 2. The molecule has 1 aliphatic rings.